The average Bonchev–Trinajstić information content (AvgIpc) is 2.60. The van der Waals surface area contributed by atoms with Crippen molar-refractivity contribution in [3.05, 3.63) is 53.1 Å². The highest BCUT2D eigenvalue weighted by molar-refractivity contribution is 6.30. The first-order valence-corrected chi connectivity index (χ1v) is 9.25. The highest BCUT2D eigenvalue weighted by Crippen LogP contribution is 2.41. The summed E-state index contributed by atoms with van der Waals surface area (Å²) in [7, 11) is 1.61. The van der Waals surface area contributed by atoms with Crippen molar-refractivity contribution < 1.29 is 19.0 Å². The summed E-state index contributed by atoms with van der Waals surface area (Å²) in [4.78, 5) is 12.7. The first kappa shape index (κ1) is 19.4. The maximum atomic E-state index is 12.7. The fourth-order valence-electron chi connectivity index (χ4n) is 3.18. The van der Waals surface area contributed by atoms with Gasteiger partial charge in [0.25, 0.3) is 5.91 Å². The van der Waals surface area contributed by atoms with Crippen molar-refractivity contribution >= 4 is 17.5 Å². The molecule has 5 nitrogen and oxygen atoms in total. The molecule has 144 valence electrons. The van der Waals surface area contributed by atoms with Crippen molar-refractivity contribution in [1.82, 2.24) is 5.32 Å². The fraction of sp³-hybridized carbons (Fsp3) is 0.381. The molecule has 2 aromatic rings. The van der Waals surface area contributed by atoms with Gasteiger partial charge < -0.3 is 19.5 Å². The molecule has 0 radical (unpaired) electrons. The summed E-state index contributed by atoms with van der Waals surface area (Å²) >= 11 is 5.97. The molecule has 0 saturated carbocycles. The third kappa shape index (κ3) is 4.66. The second-order valence-electron chi connectivity index (χ2n) is 7.25. The molecule has 0 spiro atoms. The van der Waals surface area contributed by atoms with Crippen LogP contribution in [-0.4, -0.2) is 24.7 Å². The van der Waals surface area contributed by atoms with E-state index in [-0.39, 0.29) is 11.9 Å². The van der Waals surface area contributed by atoms with E-state index in [4.69, 9.17) is 25.8 Å². The van der Waals surface area contributed by atoms with Gasteiger partial charge >= 0.3 is 0 Å². The first-order valence-electron chi connectivity index (χ1n) is 8.87. The standard InChI is InChI=1S/C21H24ClNO4/c1-13(26-16-7-5-6-14(22)10-16)20(24)23-18-12-21(2,3)27-19-9-8-15(25-4)11-17(18)19/h5-11,13,18H,12H2,1-4H3,(H,23,24)/t13-,18+/m0/s1. The predicted molar refractivity (Wildman–Crippen MR) is 105 cm³/mol. The molecule has 0 aliphatic carbocycles. The van der Waals surface area contributed by atoms with E-state index in [0.29, 0.717) is 17.2 Å². The normalized spacial score (nSPS) is 18.6. The molecule has 1 heterocycles. The van der Waals surface area contributed by atoms with Gasteiger partial charge in [0.1, 0.15) is 22.8 Å². The second-order valence-corrected chi connectivity index (χ2v) is 7.68. The largest absolute Gasteiger partial charge is 0.497 e. The lowest BCUT2D eigenvalue weighted by Gasteiger charge is -2.38. The number of methoxy groups -OCH3 is 1. The van der Waals surface area contributed by atoms with E-state index in [2.05, 4.69) is 5.32 Å². The van der Waals surface area contributed by atoms with E-state index in [1.165, 1.54) is 0 Å². The average molecular weight is 390 g/mol. The minimum Gasteiger partial charge on any atom is -0.497 e. The Kier molecular flexibility index (Phi) is 5.51. The lowest BCUT2D eigenvalue weighted by atomic mass is 9.89. The number of carbonyl (C=O) groups excluding carboxylic acids is 1. The Morgan fingerprint density at radius 3 is 2.74 bits per heavy atom. The van der Waals surface area contributed by atoms with Gasteiger partial charge in [-0.3, -0.25) is 4.79 Å². The van der Waals surface area contributed by atoms with Crippen molar-refractivity contribution in [2.45, 2.75) is 44.9 Å². The van der Waals surface area contributed by atoms with Crippen LogP contribution in [0.15, 0.2) is 42.5 Å². The van der Waals surface area contributed by atoms with Crippen LogP contribution in [0.1, 0.15) is 38.8 Å². The monoisotopic (exact) mass is 389 g/mol. The summed E-state index contributed by atoms with van der Waals surface area (Å²) in [5, 5.41) is 3.65. The molecule has 3 rings (SSSR count). The van der Waals surface area contributed by atoms with Crippen molar-refractivity contribution in [1.29, 1.82) is 0 Å². The number of ether oxygens (including phenoxy) is 3. The van der Waals surface area contributed by atoms with E-state index < -0.39 is 11.7 Å². The van der Waals surface area contributed by atoms with Crippen LogP contribution in [-0.2, 0) is 4.79 Å². The number of benzene rings is 2. The maximum absolute atomic E-state index is 12.7. The number of carbonyl (C=O) groups is 1. The Labute approximate surface area is 164 Å². The Morgan fingerprint density at radius 1 is 1.26 bits per heavy atom. The molecule has 1 aliphatic heterocycles. The van der Waals surface area contributed by atoms with Crippen LogP contribution in [0.25, 0.3) is 0 Å². The molecule has 0 unspecified atom stereocenters. The van der Waals surface area contributed by atoms with E-state index >= 15 is 0 Å². The zero-order valence-electron chi connectivity index (χ0n) is 15.9. The van der Waals surface area contributed by atoms with Crippen molar-refractivity contribution in [3.8, 4) is 17.2 Å². The lowest BCUT2D eigenvalue weighted by Crippen LogP contribution is -2.44. The molecule has 0 saturated heterocycles. The second kappa shape index (κ2) is 7.69. The number of hydrogen-bond acceptors (Lipinski definition) is 4. The molecular formula is C21H24ClNO4. The van der Waals surface area contributed by atoms with Gasteiger partial charge in [-0.1, -0.05) is 17.7 Å². The fourth-order valence-corrected chi connectivity index (χ4v) is 3.36. The number of amides is 1. The minimum atomic E-state index is -0.663. The number of fused-ring (bicyclic) bond motifs is 1. The van der Waals surface area contributed by atoms with Gasteiger partial charge in [-0.25, -0.2) is 0 Å². The summed E-state index contributed by atoms with van der Waals surface area (Å²) < 4.78 is 17.1. The Hall–Kier alpha value is -2.40. The third-order valence-electron chi connectivity index (χ3n) is 4.47. The molecule has 1 aliphatic rings. The van der Waals surface area contributed by atoms with Crippen molar-refractivity contribution in [3.63, 3.8) is 0 Å². The van der Waals surface area contributed by atoms with Crippen LogP contribution in [0, 0.1) is 0 Å². The SMILES string of the molecule is COc1ccc2c(c1)[C@H](NC(=O)[C@H](C)Oc1cccc(Cl)c1)CC(C)(C)O2. The number of nitrogens with one attached hydrogen (secondary N) is 1. The topological polar surface area (TPSA) is 56.8 Å². The van der Waals surface area contributed by atoms with Crippen LogP contribution in [0.3, 0.4) is 0 Å². The lowest BCUT2D eigenvalue weighted by molar-refractivity contribution is -0.128. The predicted octanol–water partition coefficient (Wildman–Crippen LogP) is 4.53. The van der Waals surface area contributed by atoms with E-state index in [1.54, 1.807) is 38.3 Å². The molecule has 6 heteroatoms. The highest BCUT2D eigenvalue weighted by Gasteiger charge is 2.35. The molecule has 2 aromatic carbocycles. The maximum Gasteiger partial charge on any atom is 0.261 e. The van der Waals surface area contributed by atoms with Gasteiger partial charge in [-0.15, -0.1) is 0 Å². The molecule has 27 heavy (non-hydrogen) atoms. The van der Waals surface area contributed by atoms with Gasteiger partial charge in [-0.05, 0) is 57.2 Å². The van der Waals surface area contributed by atoms with E-state index in [1.807, 2.05) is 32.0 Å². The summed E-state index contributed by atoms with van der Waals surface area (Å²) in [6, 6.07) is 12.4. The quantitative estimate of drug-likeness (QED) is 0.815. The number of halogens is 1. The molecule has 1 N–H and O–H groups in total. The molecule has 0 aromatic heterocycles. The van der Waals surface area contributed by atoms with Crippen LogP contribution in [0.2, 0.25) is 5.02 Å². The van der Waals surface area contributed by atoms with Crippen molar-refractivity contribution in [2.24, 2.45) is 0 Å². The first-order chi connectivity index (χ1) is 12.8. The zero-order chi connectivity index (χ0) is 19.6. The van der Waals surface area contributed by atoms with Gasteiger partial charge in [0.05, 0.1) is 13.2 Å². The van der Waals surface area contributed by atoms with Gasteiger partial charge in [0.15, 0.2) is 6.10 Å². The summed E-state index contributed by atoms with van der Waals surface area (Å²) in [6.45, 7) is 5.73. The third-order valence-corrected chi connectivity index (χ3v) is 4.70. The molecule has 1 amide bonds. The van der Waals surface area contributed by atoms with Crippen LogP contribution >= 0.6 is 11.6 Å². The minimum absolute atomic E-state index is 0.197. The van der Waals surface area contributed by atoms with E-state index in [9.17, 15) is 4.79 Å². The Morgan fingerprint density at radius 2 is 2.04 bits per heavy atom. The zero-order valence-corrected chi connectivity index (χ0v) is 16.7. The molecular weight excluding hydrogens is 366 g/mol. The highest BCUT2D eigenvalue weighted by atomic mass is 35.5. The Balaban J connectivity index is 1.76. The molecule has 0 fully saturated rings. The van der Waals surface area contributed by atoms with Crippen LogP contribution in [0.4, 0.5) is 0 Å². The Bertz CT molecular complexity index is 837. The van der Waals surface area contributed by atoms with Crippen molar-refractivity contribution in [2.75, 3.05) is 7.11 Å². The molecule has 2 atom stereocenters. The van der Waals surface area contributed by atoms with Crippen LogP contribution in [0.5, 0.6) is 17.2 Å². The summed E-state index contributed by atoms with van der Waals surface area (Å²) in [5.74, 6) is 1.83. The summed E-state index contributed by atoms with van der Waals surface area (Å²) in [5.41, 5.74) is 0.508. The summed E-state index contributed by atoms with van der Waals surface area (Å²) in [6.07, 6.45) is -0.0218. The van der Waals surface area contributed by atoms with E-state index in [0.717, 1.165) is 17.1 Å². The van der Waals surface area contributed by atoms with Gasteiger partial charge in [-0.2, -0.15) is 0 Å². The smallest absolute Gasteiger partial charge is 0.261 e. The van der Waals surface area contributed by atoms with Gasteiger partial charge in [0.2, 0.25) is 0 Å². The van der Waals surface area contributed by atoms with Crippen LogP contribution < -0.4 is 19.5 Å². The number of rotatable bonds is 5. The van der Waals surface area contributed by atoms with Gasteiger partial charge in [0, 0.05) is 17.0 Å². The molecule has 0 bridgehead atoms. The number of hydrogen-bond donors (Lipinski definition) is 1.